The second kappa shape index (κ2) is 6.02. The highest BCUT2D eigenvalue weighted by Crippen LogP contribution is 2.17. The number of amides is 1. The zero-order valence-corrected chi connectivity index (χ0v) is 9.09. The number of hydrogen-bond donors (Lipinski definition) is 2. The molecule has 1 fully saturated rings. The first-order chi connectivity index (χ1) is 6.72. The molecular weight excluding hydrogens is 176 g/mol. The Morgan fingerprint density at radius 1 is 1.43 bits per heavy atom. The largest absolute Gasteiger partial charge is 0.353 e. The summed E-state index contributed by atoms with van der Waals surface area (Å²) in [6, 6.07) is 0.443. The second-order valence-corrected chi connectivity index (χ2v) is 4.27. The summed E-state index contributed by atoms with van der Waals surface area (Å²) in [4.78, 5) is 11.5. The quantitative estimate of drug-likeness (QED) is 0.720. The molecule has 1 atom stereocenters. The Morgan fingerprint density at radius 2 is 2.07 bits per heavy atom. The van der Waals surface area contributed by atoms with Crippen molar-refractivity contribution in [3.05, 3.63) is 0 Å². The van der Waals surface area contributed by atoms with Gasteiger partial charge >= 0.3 is 0 Å². The van der Waals surface area contributed by atoms with Crippen molar-refractivity contribution in [3.8, 4) is 0 Å². The molecule has 0 aliphatic heterocycles. The number of nitrogens with two attached hydrogens (primary N) is 1. The Bertz CT molecular complexity index is 176. The van der Waals surface area contributed by atoms with Gasteiger partial charge in [-0.3, -0.25) is 4.79 Å². The van der Waals surface area contributed by atoms with Crippen molar-refractivity contribution in [2.45, 2.75) is 64.0 Å². The molecule has 0 aromatic heterocycles. The molecule has 1 saturated carbocycles. The molecule has 0 heterocycles. The SMILES string of the molecule is CCC(N)CC(=O)NC1CCCCC1. The highest BCUT2D eigenvalue weighted by atomic mass is 16.1. The molecule has 0 aromatic carbocycles. The maximum absolute atomic E-state index is 11.5. The smallest absolute Gasteiger partial charge is 0.221 e. The fourth-order valence-electron chi connectivity index (χ4n) is 1.92. The first-order valence-corrected chi connectivity index (χ1v) is 5.77. The average molecular weight is 198 g/mol. The minimum absolute atomic E-state index is 0.0265. The third-order valence-corrected chi connectivity index (χ3v) is 2.94. The van der Waals surface area contributed by atoms with Crippen molar-refractivity contribution in [2.75, 3.05) is 0 Å². The van der Waals surface area contributed by atoms with Gasteiger partial charge in [-0.15, -0.1) is 0 Å². The molecule has 14 heavy (non-hydrogen) atoms. The molecule has 0 aromatic rings. The number of rotatable bonds is 4. The van der Waals surface area contributed by atoms with Crippen LogP contribution in [0.1, 0.15) is 51.9 Å². The molecule has 0 spiro atoms. The van der Waals surface area contributed by atoms with Crippen molar-refractivity contribution in [3.63, 3.8) is 0 Å². The lowest BCUT2D eigenvalue weighted by Crippen LogP contribution is -2.39. The van der Waals surface area contributed by atoms with E-state index < -0.39 is 0 Å². The van der Waals surface area contributed by atoms with Crippen molar-refractivity contribution >= 4 is 5.91 Å². The first-order valence-electron chi connectivity index (χ1n) is 5.77. The summed E-state index contributed by atoms with van der Waals surface area (Å²) in [5.74, 6) is 0.131. The zero-order chi connectivity index (χ0) is 10.4. The average Bonchev–Trinajstić information content (AvgIpc) is 2.19. The number of carbonyl (C=O) groups excluding carboxylic acids is 1. The molecule has 1 amide bonds. The molecule has 1 unspecified atom stereocenters. The van der Waals surface area contributed by atoms with E-state index in [9.17, 15) is 4.79 Å². The van der Waals surface area contributed by atoms with Gasteiger partial charge < -0.3 is 11.1 Å². The molecule has 3 nitrogen and oxygen atoms in total. The van der Waals surface area contributed by atoms with E-state index in [1.807, 2.05) is 6.92 Å². The van der Waals surface area contributed by atoms with Crippen LogP contribution in [-0.4, -0.2) is 18.0 Å². The Balaban J connectivity index is 2.18. The van der Waals surface area contributed by atoms with E-state index in [4.69, 9.17) is 5.73 Å². The molecule has 0 bridgehead atoms. The van der Waals surface area contributed by atoms with E-state index in [1.54, 1.807) is 0 Å². The van der Waals surface area contributed by atoms with Crippen LogP contribution in [0.3, 0.4) is 0 Å². The summed E-state index contributed by atoms with van der Waals surface area (Å²) < 4.78 is 0. The molecule has 3 N–H and O–H groups in total. The summed E-state index contributed by atoms with van der Waals surface area (Å²) >= 11 is 0. The van der Waals surface area contributed by atoms with E-state index in [1.165, 1.54) is 19.3 Å². The van der Waals surface area contributed by atoms with Crippen molar-refractivity contribution in [1.82, 2.24) is 5.32 Å². The molecule has 82 valence electrons. The molecule has 3 heteroatoms. The fourth-order valence-corrected chi connectivity index (χ4v) is 1.92. The predicted molar refractivity (Wildman–Crippen MR) is 57.9 cm³/mol. The molecule has 0 radical (unpaired) electrons. The second-order valence-electron chi connectivity index (χ2n) is 4.27. The third-order valence-electron chi connectivity index (χ3n) is 2.94. The maximum atomic E-state index is 11.5. The van der Waals surface area contributed by atoms with Crippen molar-refractivity contribution in [1.29, 1.82) is 0 Å². The summed E-state index contributed by atoms with van der Waals surface area (Å²) in [6.45, 7) is 2.01. The molecular formula is C11H22N2O. The lowest BCUT2D eigenvalue weighted by molar-refractivity contribution is -0.122. The highest BCUT2D eigenvalue weighted by molar-refractivity contribution is 5.76. The number of nitrogens with one attached hydrogen (secondary N) is 1. The van der Waals surface area contributed by atoms with Crippen LogP contribution in [0.2, 0.25) is 0 Å². The first kappa shape index (κ1) is 11.5. The lowest BCUT2D eigenvalue weighted by atomic mass is 9.95. The summed E-state index contributed by atoms with van der Waals surface area (Å²) in [6.07, 6.45) is 7.47. The molecule has 1 rings (SSSR count). The predicted octanol–water partition coefficient (Wildman–Crippen LogP) is 1.56. The van der Waals surface area contributed by atoms with Crippen LogP contribution in [0.4, 0.5) is 0 Å². The van der Waals surface area contributed by atoms with E-state index in [0.29, 0.717) is 12.5 Å². The van der Waals surface area contributed by atoms with Crippen molar-refractivity contribution < 1.29 is 4.79 Å². The van der Waals surface area contributed by atoms with Crippen LogP contribution < -0.4 is 11.1 Å². The Labute approximate surface area is 86.4 Å². The Hall–Kier alpha value is -0.570. The van der Waals surface area contributed by atoms with Gasteiger partial charge in [0.15, 0.2) is 0 Å². The van der Waals surface area contributed by atoms with Gasteiger partial charge in [0.1, 0.15) is 0 Å². The Kier molecular flexibility index (Phi) is 4.94. The Morgan fingerprint density at radius 3 is 2.64 bits per heavy atom. The number of hydrogen-bond acceptors (Lipinski definition) is 2. The normalized spacial score (nSPS) is 20.4. The molecule has 0 saturated heterocycles. The molecule has 1 aliphatic rings. The van der Waals surface area contributed by atoms with E-state index in [-0.39, 0.29) is 11.9 Å². The number of carbonyl (C=O) groups is 1. The van der Waals surface area contributed by atoms with E-state index in [0.717, 1.165) is 19.3 Å². The summed E-state index contributed by atoms with van der Waals surface area (Å²) in [5.41, 5.74) is 5.72. The highest BCUT2D eigenvalue weighted by Gasteiger charge is 2.16. The van der Waals surface area contributed by atoms with Gasteiger partial charge in [0.2, 0.25) is 5.91 Å². The van der Waals surface area contributed by atoms with Crippen LogP contribution in [-0.2, 0) is 4.79 Å². The zero-order valence-electron chi connectivity index (χ0n) is 9.09. The van der Waals surface area contributed by atoms with Crippen LogP contribution in [0, 0.1) is 0 Å². The van der Waals surface area contributed by atoms with E-state index in [2.05, 4.69) is 5.32 Å². The van der Waals surface area contributed by atoms with E-state index >= 15 is 0 Å². The van der Waals surface area contributed by atoms with Gasteiger partial charge in [-0.1, -0.05) is 26.2 Å². The third kappa shape index (κ3) is 4.09. The van der Waals surface area contributed by atoms with Crippen LogP contribution in [0.25, 0.3) is 0 Å². The van der Waals surface area contributed by atoms with Gasteiger partial charge in [-0.2, -0.15) is 0 Å². The topological polar surface area (TPSA) is 55.1 Å². The fraction of sp³-hybridized carbons (Fsp3) is 0.909. The van der Waals surface area contributed by atoms with Gasteiger partial charge in [0, 0.05) is 18.5 Å². The monoisotopic (exact) mass is 198 g/mol. The van der Waals surface area contributed by atoms with Gasteiger partial charge in [-0.25, -0.2) is 0 Å². The van der Waals surface area contributed by atoms with Crippen LogP contribution in [0.5, 0.6) is 0 Å². The van der Waals surface area contributed by atoms with Gasteiger partial charge in [0.05, 0.1) is 0 Å². The van der Waals surface area contributed by atoms with Crippen molar-refractivity contribution in [2.24, 2.45) is 5.73 Å². The minimum Gasteiger partial charge on any atom is -0.353 e. The lowest BCUT2D eigenvalue weighted by Gasteiger charge is -2.23. The molecule has 1 aliphatic carbocycles. The maximum Gasteiger partial charge on any atom is 0.221 e. The minimum atomic E-state index is 0.0265. The van der Waals surface area contributed by atoms with Gasteiger partial charge in [-0.05, 0) is 19.3 Å². The van der Waals surface area contributed by atoms with Crippen LogP contribution in [0.15, 0.2) is 0 Å². The van der Waals surface area contributed by atoms with Gasteiger partial charge in [0.25, 0.3) is 0 Å². The standard InChI is InChI=1S/C11H22N2O/c1-2-9(12)8-11(14)13-10-6-4-3-5-7-10/h9-10H,2-8,12H2,1H3,(H,13,14). The van der Waals surface area contributed by atoms with Crippen LogP contribution >= 0.6 is 0 Å². The summed E-state index contributed by atoms with van der Waals surface area (Å²) in [5, 5.41) is 3.07. The summed E-state index contributed by atoms with van der Waals surface area (Å²) in [7, 11) is 0.